The molecule has 0 bridgehead atoms. The van der Waals surface area contributed by atoms with E-state index in [1.54, 1.807) is 29.2 Å². The van der Waals surface area contributed by atoms with Gasteiger partial charge < -0.3 is 9.64 Å². The van der Waals surface area contributed by atoms with Gasteiger partial charge in [-0.15, -0.1) is 0 Å². The third kappa shape index (κ3) is 2.15. The van der Waals surface area contributed by atoms with E-state index in [9.17, 15) is 14.4 Å². The van der Waals surface area contributed by atoms with Crippen LogP contribution in [0.4, 0.5) is 10.5 Å². The van der Waals surface area contributed by atoms with Crippen LogP contribution in [0.25, 0.3) is 0 Å². The maximum Gasteiger partial charge on any atom is 0.339 e. The number of fused-ring (bicyclic) bond motifs is 1. The number of hydrogen-bond donors (Lipinski definition) is 0. The zero-order valence-corrected chi connectivity index (χ0v) is 12.6. The first-order valence-electron chi connectivity index (χ1n) is 7.36. The Labute approximate surface area is 128 Å². The average Bonchev–Trinajstić information content (AvgIpc) is 2.77. The molecule has 0 radical (unpaired) electrons. The number of anilines is 1. The third-order valence-electron chi connectivity index (χ3n) is 4.36. The molecule has 3 amide bonds. The van der Waals surface area contributed by atoms with Gasteiger partial charge >= 0.3 is 12.0 Å². The summed E-state index contributed by atoms with van der Waals surface area (Å²) in [4.78, 5) is 39.9. The minimum absolute atomic E-state index is 0.222. The van der Waals surface area contributed by atoms with Crippen molar-refractivity contribution in [2.24, 2.45) is 5.92 Å². The standard InChI is InChI=1S/C16H18N2O4/c1-10-7-8-17-13(9-10)14(19)18(16(17)21)12-6-4-3-5-11(12)15(20)22-2/h3-6,10,13H,7-9H2,1-2H3/t10-,13+/m1/s1. The van der Waals surface area contributed by atoms with Crippen LogP contribution in [0.3, 0.4) is 0 Å². The summed E-state index contributed by atoms with van der Waals surface area (Å²) >= 11 is 0. The molecule has 0 N–H and O–H groups in total. The molecule has 0 aromatic heterocycles. The van der Waals surface area contributed by atoms with Crippen LogP contribution in [0, 0.1) is 5.92 Å². The minimum atomic E-state index is -0.561. The number of benzene rings is 1. The van der Waals surface area contributed by atoms with Crippen LogP contribution in [0.2, 0.25) is 0 Å². The molecule has 6 heteroatoms. The van der Waals surface area contributed by atoms with E-state index in [-0.39, 0.29) is 17.5 Å². The van der Waals surface area contributed by atoms with E-state index in [4.69, 9.17) is 4.74 Å². The van der Waals surface area contributed by atoms with E-state index in [2.05, 4.69) is 6.92 Å². The van der Waals surface area contributed by atoms with Crippen LogP contribution in [-0.4, -0.2) is 42.5 Å². The van der Waals surface area contributed by atoms with Gasteiger partial charge in [0.1, 0.15) is 6.04 Å². The first-order chi connectivity index (χ1) is 10.5. The number of amides is 3. The average molecular weight is 302 g/mol. The quantitative estimate of drug-likeness (QED) is 0.619. The van der Waals surface area contributed by atoms with Gasteiger partial charge in [0, 0.05) is 6.54 Å². The highest BCUT2D eigenvalue weighted by Gasteiger charge is 2.48. The number of esters is 1. The Bertz CT molecular complexity index is 643. The highest BCUT2D eigenvalue weighted by molar-refractivity contribution is 6.23. The molecule has 116 valence electrons. The van der Waals surface area contributed by atoms with Crippen molar-refractivity contribution in [3.8, 4) is 0 Å². The molecule has 2 aliphatic rings. The summed E-state index contributed by atoms with van der Waals surface area (Å²) in [6.45, 7) is 2.66. The first-order valence-corrected chi connectivity index (χ1v) is 7.36. The smallest absolute Gasteiger partial charge is 0.339 e. The van der Waals surface area contributed by atoms with Crippen molar-refractivity contribution in [1.82, 2.24) is 4.90 Å². The van der Waals surface area contributed by atoms with Gasteiger partial charge in [0.2, 0.25) is 0 Å². The summed E-state index contributed by atoms with van der Waals surface area (Å²) in [6, 6.07) is 5.77. The lowest BCUT2D eigenvalue weighted by Crippen LogP contribution is -2.41. The molecule has 2 heterocycles. The third-order valence-corrected chi connectivity index (χ3v) is 4.36. The lowest BCUT2D eigenvalue weighted by atomic mass is 9.93. The van der Waals surface area contributed by atoms with Crippen molar-refractivity contribution >= 4 is 23.6 Å². The van der Waals surface area contributed by atoms with Crippen molar-refractivity contribution in [3.63, 3.8) is 0 Å². The van der Waals surface area contributed by atoms with Gasteiger partial charge in [-0.3, -0.25) is 4.79 Å². The second-order valence-electron chi connectivity index (χ2n) is 5.80. The van der Waals surface area contributed by atoms with Crippen molar-refractivity contribution in [1.29, 1.82) is 0 Å². The van der Waals surface area contributed by atoms with Gasteiger partial charge in [-0.05, 0) is 30.9 Å². The van der Waals surface area contributed by atoms with Gasteiger partial charge in [-0.1, -0.05) is 19.1 Å². The van der Waals surface area contributed by atoms with Crippen LogP contribution in [0.15, 0.2) is 24.3 Å². The number of ether oxygens (including phenoxy) is 1. The minimum Gasteiger partial charge on any atom is -0.465 e. The fourth-order valence-corrected chi connectivity index (χ4v) is 3.15. The second kappa shape index (κ2) is 5.44. The summed E-state index contributed by atoms with van der Waals surface area (Å²) in [7, 11) is 1.28. The van der Waals surface area contributed by atoms with Gasteiger partial charge in [0.05, 0.1) is 18.4 Å². The number of carbonyl (C=O) groups is 3. The first kappa shape index (κ1) is 14.6. The van der Waals surface area contributed by atoms with Crippen molar-refractivity contribution in [3.05, 3.63) is 29.8 Å². The molecular weight excluding hydrogens is 284 g/mol. The van der Waals surface area contributed by atoms with Crippen molar-refractivity contribution in [2.45, 2.75) is 25.8 Å². The van der Waals surface area contributed by atoms with E-state index in [0.717, 1.165) is 11.3 Å². The Balaban J connectivity index is 2.01. The number of methoxy groups -OCH3 is 1. The molecule has 0 spiro atoms. The Morgan fingerprint density at radius 1 is 1.27 bits per heavy atom. The fraction of sp³-hybridized carbons (Fsp3) is 0.438. The zero-order chi connectivity index (χ0) is 15.9. The molecule has 2 atom stereocenters. The number of imide groups is 1. The van der Waals surface area contributed by atoms with Gasteiger partial charge in [-0.2, -0.15) is 0 Å². The molecule has 2 saturated heterocycles. The Kier molecular flexibility index (Phi) is 3.60. The lowest BCUT2D eigenvalue weighted by molar-refractivity contribution is -0.120. The van der Waals surface area contributed by atoms with Crippen LogP contribution < -0.4 is 4.90 Å². The van der Waals surface area contributed by atoms with E-state index in [1.165, 1.54) is 7.11 Å². The molecule has 0 unspecified atom stereocenters. The maximum absolute atomic E-state index is 12.7. The Morgan fingerprint density at radius 3 is 2.73 bits per heavy atom. The van der Waals surface area contributed by atoms with E-state index >= 15 is 0 Å². The predicted molar refractivity (Wildman–Crippen MR) is 79.6 cm³/mol. The topological polar surface area (TPSA) is 66.9 Å². The van der Waals surface area contributed by atoms with E-state index in [0.29, 0.717) is 24.6 Å². The van der Waals surface area contributed by atoms with Gasteiger partial charge in [0.25, 0.3) is 5.91 Å². The number of para-hydroxylation sites is 1. The monoisotopic (exact) mass is 302 g/mol. The number of hydrogen-bond acceptors (Lipinski definition) is 4. The van der Waals surface area contributed by atoms with Crippen LogP contribution in [0.1, 0.15) is 30.1 Å². The second-order valence-corrected chi connectivity index (χ2v) is 5.80. The van der Waals surface area contributed by atoms with Gasteiger partial charge in [0.15, 0.2) is 0 Å². The maximum atomic E-state index is 12.7. The number of piperidine rings is 1. The van der Waals surface area contributed by atoms with E-state index < -0.39 is 12.0 Å². The highest BCUT2D eigenvalue weighted by atomic mass is 16.5. The molecule has 2 fully saturated rings. The Morgan fingerprint density at radius 2 is 2.00 bits per heavy atom. The molecule has 6 nitrogen and oxygen atoms in total. The van der Waals surface area contributed by atoms with Crippen molar-refractivity contribution in [2.75, 3.05) is 18.6 Å². The fourth-order valence-electron chi connectivity index (χ4n) is 3.15. The number of nitrogens with zero attached hydrogens (tertiary/aromatic N) is 2. The highest BCUT2D eigenvalue weighted by Crippen LogP contribution is 2.34. The van der Waals surface area contributed by atoms with Crippen LogP contribution in [-0.2, 0) is 9.53 Å². The van der Waals surface area contributed by atoms with Crippen LogP contribution >= 0.6 is 0 Å². The SMILES string of the molecule is COC(=O)c1ccccc1N1C(=O)[C@@H]2C[C@H](C)CCN2C1=O. The number of rotatable bonds is 2. The van der Waals surface area contributed by atoms with Crippen molar-refractivity contribution < 1.29 is 19.1 Å². The molecule has 0 aliphatic carbocycles. The molecular formula is C16H18N2O4. The van der Waals surface area contributed by atoms with Crippen LogP contribution in [0.5, 0.6) is 0 Å². The van der Waals surface area contributed by atoms with Gasteiger partial charge in [-0.25, -0.2) is 14.5 Å². The summed E-state index contributed by atoms with van der Waals surface area (Å²) in [5, 5.41) is 0. The number of carbonyl (C=O) groups excluding carboxylic acids is 3. The molecule has 1 aromatic rings. The predicted octanol–water partition coefficient (Wildman–Crippen LogP) is 2.04. The summed E-state index contributed by atoms with van der Waals surface area (Å²) in [6.07, 6.45) is 1.56. The normalized spacial score (nSPS) is 24.5. The lowest BCUT2D eigenvalue weighted by Gasteiger charge is -2.30. The Hall–Kier alpha value is -2.37. The molecule has 22 heavy (non-hydrogen) atoms. The summed E-state index contributed by atoms with van der Waals surface area (Å²) in [5.74, 6) is -0.406. The summed E-state index contributed by atoms with van der Waals surface area (Å²) < 4.78 is 4.74. The molecule has 1 aromatic carbocycles. The summed E-state index contributed by atoms with van der Waals surface area (Å²) in [5.41, 5.74) is 0.519. The molecule has 3 rings (SSSR count). The van der Waals surface area contributed by atoms with E-state index in [1.807, 2.05) is 0 Å². The molecule has 2 aliphatic heterocycles. The number of urea groups is 1. The largest absolute Gasteiger partial charge is 0.465 e. The zero-order valence-electron chi connectivity index (χ0n) is 12.6. The molecule has 0 saturated carbocycles.